The molecule has 3 rings (SSSR count). The summed E-state index contributed by atoms with van der Waals surface area (Å²) in [5.41, 5.74) is 5.15. The number of nitrogens with one attached hydrogen (secondary N) is 1. The van der Waals surface area contributed by atoms with Crippen LogP contribution < -0.4 is 14.9 Å². The number of benzene rings is 1. The Labute approximate surface area is 166 Å². The van der Waals surface area contributed by atoms with Gasteiger partial charge in [0.1, 0.15) is 0 Å². The lowest BCUT2D eigenvalue weighted by atomic mass is 9.86. The molecule has 8 nitrogen and oxygen atoms in total. The Balaban J connectivity index is 1.94. The van der Waals surface area contributed by atoms with Gasteiger partial charge in [0.15, 0.2) is 5.75 Å². The highest BCUT2D eigenvalue weighted by molar-refractivity contribution is 5.90. The molecule has 0 saturated carbocycles. The van der Waals surface area contributed by atoms with Crippen molar-refractivity contribution in [3.05, 3.63) is 27.8 Å². The summed E-state index contributed by atoms with van der Waals surface area (Å²) in [6.45, 7) is 9.82. The van der Waals surface area contributed by atoms with Gasteiger partial charge in [0.25, 0.3) is 0 Å². The number of nitrogens with zero attached hydrogens (tertiary/aromatic N) is 3. The Morgan fingerprint density at radius 1 is 1.29 bits per heavy atom. The van der Waals surface area contributed by atoms with Gasteiger partial charge in [0.05, 0.1) is 24.2 Å². The number of ether oxygens (including phenoxy) is 2. The molecule has 0 aliphatic carbocycles. The lowest BCUT2D eigenvalue weighted by molar-refractivity contribution is -0.386. The highest BCUT2D eigenvalue weighted by Crippen LogP contribution is 2.43. The minimum atomic E-state index is -0.391. The minimum Gasteiger partial charge on any atom is -0.490 e. The third kappa shape index (κ3) is 4.22. The van der Waals surface area contributed by atoms with Crippen LogP contribution in [-0.2, 0) is 0 Å². The zero-order valence-electron chi connectivity index (χ0n) is 16.9. The van der Waals surface area contributed by atoms with Gasteiger partial charge >= 0.3 is 5.69 Å². The number of likely N-dealkylation sites (tertiary alicyclic amines) is 1. The first-order valence-electron chi connectivity index (χ1n) is 10.2. The molecule has 0 bridgehead atoms. The van der Waals surface area contributed by atoms with Gasteiger partial charge in [-0.05, 0) is 37.9 Å². The van der Waals surface area contributed by atoms with E-state index < -0.39 is 4.92 Å². The second-order valence-corrected chi connectivity index (χ2v) is 7.27. The van der Waals surface area contributed by atoms with Crippen molar-refractivity contribution in [2.24, 2.45) is 11.0 Å². The van der Waals surface area contributed by atoms with Crippen LogP contribution in [-0.4, -0.2) is 48.4 Å². The Kier molecular flexibility index (Phi) is 6.72. The topological polar surface area (TPSA) is 89.2 Å². The van der Waals surface area contributed by atoms with Crippen LogP contribution in [0.15, 0.2) is 17.2 Å². The standard InChI is InChI=1S/C20H30N4O4/c1-4-8-23-9-7-16-15(13-23)19(22-21-16)14-11-17(24(25)26)20(28-10-5-2)18(12-14)27-6-3/h11-12,15,19,22H,4-10,13H2,1-3H3. The lowest BCUT2D eigenvalue weighted by Crippen LogP contribution is -2.42. The molecule has 0 amide bonds. The van der Waals surface area contributed by atoms with Gasteiger partial charge < -0.3 is 19.8 Å². The van der Waals surface area contributed by atoms with Crippen molar-refractivity contribution in [2.75, 3.05) is 32.8 Å². The Bertz CT molecular complexity index is 737. The number of nitro benzene ring substituents is 1. The Hall–Kier alpha value is -2.35. The van der Waals surface area contributed by atoms with Crippen molar-refractivity contribution >= 4 is 11.4 Å². The fraction of sp³-hybridized carbons (Fsp3) is 0.650. The van der Waals surface area contributed by atoms with Gasteiger partial charge in [0.2, 0.25) is 5.75 Å². The molecule has 2 unspecified atom stereocenters. The maximum Gasteiger partial charge on any atom is 0.315 e. The SMILES string of the molecule is CCCOc1c(OCC)cc(C2NN=C3CCN(CCC)CC32)cc1[N+](=O)[O-]. The molecule has 28 heavy (non-hydrogen) atoms. The van der Waals surface area contributed by atoms with E-state index >= 15 is 0 Å². The van der Waals surface area contributed by atoms with E-state index in [1.807, 2.05) is 19.9 Å². The zero-order valence-corrected chi connectivity index (χ0v) is 16.9. The zero-order chi connectivity index (χ0) is 20.1. The average Bonchev–Trinajstić information content (AvgIpc) is 3.10. The van der Waals surface area contributed by atoms with Gasteiger partial charge in [-0.3, -0.25) is 10.1 Å². The van der Waals surface area contributed by atoms with Crippen molar-refractivity contribution in [3.63, 3.8) is 0 Å². The smallest absolute Gasteiger partial charge is 0.315 e. The molecule has 2 atom stereocenters. The number of rotatable bonds is 9. The third-order valence-electron chi connectivity index (χ3n) is 5.22. The van der Waals surface area contributed by atoms with Gasteiger partial charge in [-0.25, -0.2) is 0 Å². The van der Waals surface area contributed by atoms with E-state index in [4.69, 9.17) is 9.47 Å². The van der Waals surface area contributed by atoms with Crippen molar-refractivity contribution in [3.8, 4) is 11.5 Å². The van der Waals surface area contributed by atoms with Crippen LogP contribution in [0.5, 0.6) is 11.5 Å². The van der Waals surface area contributed by atoms with Crippen LogP contribution in [0.1, 0.15) is 51.6 Å². The molecule has 1 aromatic carbocycles. The minimum absolute atomic E-state index is 0.0501. The summed E-state index contributed by atoms with van der Waals surface area (Å²) in [5.74, 6) is 0.862. The average molecular weight is 390 g/mol. The summed E-state index contributed by atoms with van der Waals surface area (Å²) in [7, 11) is 0. The first-order valence-corrected chi connectivity index (χ1v) is 10.2. The molecule has 2 heterocycles. The van der Waals surface area contributed by atoms with Gasteiger partial charge in [0, 0.05) is 37.2 Å². The predicted octanol–water partition coefficient (Wildman–Crippen LogP) is 3.51. The maximum atomic E-state index is 11.7. The monoisotopic (exact) mass is 390 g/mol. The molecule has 0 aromatic heterocycles. The summed E-state index contributed by atoms with van der Waals surface area (Å²) in [6.07, 6.45) is 2.81. The van der Waals surface area contributed by atoms with Crippen LogP contribution in [0.3, 0.4) is 0 Å². The summed E-state index contributed by atoms with van der Waals surface area (Å²) < 4.78 is 11.4. The summed E-state index contributed by atoms with van der Waals surface area (Å²) in [6, 6.07) is 3.39. The predicted molar refractivity (Wildman–Crippen MR) is 108 cm³/mol. The van der Waals surface area contributed by atoms with E-state index in [0.29, 0.717) is 19.0 Å². The Morgan fingerprint density at radius 2 is 2.11 bits per heavy atom. The van der Waals surface area contributed by atoms with E-state index in [-0.39, 0.29) is 23.4 Å². The molecule has 1 N–H and O–H groups in total. The van der Waals surface area contributed by atoms with Crippen molar-refractivity contribution in [2.45, 2.75) is 46.1 Å². The van der Waals surface area contributed by atoms with E-state index in [1.165, 1.54) is 0 Å². The molecular formula is C20H30N4O4. The van der Waals surface area contributed by atoms with Crippen molar-refractivity contribution in [1.82, 2.24) is 10.3 Å². The number of hydrazone groups is 1. The fourth-order valence-corrected chi connectivity index (χ4v) is 3.97. The molecule has 0 spiro atoms. The molecule has 1 fully saturated rings. The second kappa shape index (κ2) is 9.23. The molecule has 1 aromatic rings. The third-order valence-corrected chi connectivity index (χ3v) is 5.22. The molecule has 2 aliphatic heterocycles. The van der Waals surface area contributed by atoms with Crippen molar-refractivity contribution in [1.29, 1.82) is 0 Å². The number of fused-ring (bicyclic) bond motifs is 1. The molecule has 154 valence electrons. The summed E-state index contributed by atoms with van der Waals surface area (Å²) in [4.78, 5) is 13.8. The number of nitro groups is 1. The molecule has 8 heteroatoms. The summed E-state index contributed by atoms with van der Waals surface area (Å²) in [5, 5.41) is 16.3. The fourth-order valence-electron chi connectivity index (χ4n) is 3.97. The van der Waals surface area contributed by atoms with Gasteiger partial charge in [-0.15, -0.1) is 0 Å². The first kappa shape index (κ1) is 20.4. The highest BCUT2D eigenvalue weighted by Gasteiger charge is 2.38. The normalized spacial score (nSPS) is 21.6. The Morgan fingerprint density at radius 3 is 2.79 bits per heavy atom. The van der Waals surface area contributed by atoms with Gasteiger partial charge in [-0.2, -0.15) is 5.10 Å². The second-order valence-electron chi connectivity index (χ2n) is 7.27. The quantitative estimate of drug-likeness (QED) is 0.513. The molecule has 2 aliphatic rings. The molecular weight excluding hydrogens is 360 g/mol. The number of piperidine rings is 1. The molecule has 0 radical (unpaired) electrons. The van der Waals surface area contributed by atoms with Crippen LogP contribution >= 0.6 is 0 Å². The molecule has 1 saturated heterocycles. The maximum absolute atomic E-state index is 11.7. The van der Waals surface area contributed by atoms with E-state index in [2.05, 4.69) is 22.4 Å². The number of hydrogen-bond acceptors (Lipinski definition) is 7. The van der Waals surface area contributed by atoms with Crippen molar-refractivity contribution < 1.29 is 14.4 Å². The number of hydrogen-bond donors (Lipinski definition) is 1. The van der Waals surface area contributed by atoms with Gasteiger partial charge in [-0.1, -0.05) is 13.8 Å². The van der Waals surface area contributed by atoms with Crippen LogP contribution in [0.25, 0.3) is 0 Å². The van der Waals surface area contributed by atoms with E-state index in [1.54, 1.807) is 6.07 Å². The van der Waals surface area contributed by atoms with E-state index in [0.717, 1.165) is 50.2 Å². The highest BCUT2D eigenvalue weighted by atomic mass is 16.6. The summed E-state index contributed by atoms with van der Waals surface area (Å²) >= 11 is 0. The largest absolute Gasteiger partial charge is 0.490 e. The van der Waals surface area contributed by atoms with Crippen LogP contribution in [0.4, 0.5) is 5.69 Å². The lowest BCUT2D eigenvalue weighted by Gasteiger charge is -2.33. The van der Waals surface area contributed by atoms with Crippen LogP contribution in [0, 0.1) is 16.0 Å². The first-order chi connectivity index (χ1) is 13.6. The van der Waals surface area contributed by atoms with E-state index in [9.17, 15) is 10.1 Å². The van der Waals surface area contributed by atoms with Crippen LogP contribution in [0.2, 0.25) is 0 Å².